The first kappa shape index (κ1) is 12.7. The van der Waals surface area contributed by atoms with Crippen molar-refractivity contribution in [3.8, 4) is 0 Å². The molecule has 0 N–H and O–H groups in total. The van der Waals surface area contributed by atoms with Gasteiger partial charge in [0, 0.05) is 24.7 Å². The number of likely N-dealkylation sites (tertiary alicyclic amines) is 1. The summed E-state index contributed by atoms with van der Waals surface area (Å²) in [4.78, 5) is 24.8. The Bertz CT molecular complexity index is 233. The second-order valence-electron chi connectivity index (χ2n) is 4.34. The Balaban J connectivity index is 2.60. The molecule has 0 aromatic carbocycles. The van der Waals surface area contributed by atoms with Crippen molar-refractivity contribution in [1.82, 2.24) is 4.90 Å². The lowest BCUT2D eigenvalue weighted by Gasteiger charge is -2.30. The molecule has 0 saturated carbocycles. The average Bonchev–Trinajstić information content (AvgIpc) is 2.17. The van der Waals surface area contributed by atoms with E-state index in [1.54, 1.807) is 0 Å². The molecule has 86 valence electrons. The highest BCUT2D eigenvalue weighted by atomic mass is 79.9. The first-order chi connectivity index (χ1) is 7.08. The van der Waals surface area contributed by atoms with Crippen LogP contribution in [0.5, 0.6) is 0 Å². The minimum atomic E-state index is -0.00171. The van der Waals surface area contributed by atoms with E-state index in [0.717, 1.165) is 11.8 Å². The molecule has 15 heavy (non-hydrogen) atoms. The van der Waals surface area contributed by atoms with Crippen molar-refractivity contribution in [2.24, 2.45) is 11.8 Å². The highest BCUT2D eigenvalue weighted by molar-refractivity contribution is 9.09. The summed E-state index contributed by atoms with van der Waals surface area (Å²) in [5.74, 6) is 0.591. The predicted molar refractivity (Wildman–Crippen MR) is 62.7 cm³/mol. The number of amides is 2. The van der Waals surface area contributed by atoms with Crippen LogP contribution in [0.3, 0.4) is 0 Å². The smallest absolute Gasteiger partial charge is 0.229 e. The topological polar surface area (TPSA) is 37.4 Å². The van der Waals surface area contributed by atoms with Gasteiger partial charge in [-0.2, -0.15) is 0 Å². The summed E-state index contributed by atoms with van der Waals surface area (Å²) in [5, 5.41) is 0.843. The van der Waals surface area contributed by atoms with Crippen LogP contribution in [0.2, 0.25) is 0 Å². The van der Waals surface area contributed by atoms with Crippen molar-refractivity contribution < 1.29 is 9.59 Å². The maximum atomic E-state index is 11.7. The lowest BCUT2D eigenvalue weighted by atomic mass is 9.96. The molecule has 1 saturated heterocycles. The van der Waals surface area contributed by atoms with E-state index < -0.39 is 0 Å². The number of nitrogens with zero attached hydrogens (tertiary/aromatic N) is 1. The summed E-state index contributed by atoms with van der Waals surface area (Å²) in [5.41, 5.74) is 0. The lowest BCUT2D eigenvalue weighted by Crippen LogP contribution is -2.45. The molecule has 1 aliphatic heterocycles. The third-order valence-corrected chi connectivity index (χ3v) is 3.80. The van der Waals surface area contributed by atoms with Gasteiger partial charge in [-0.05, 0) is 11.8 Å². The number of carbonyl (C=O) groups excluding carboxylic acids is 2. The molecule has 0 spiro atoms. The molecule has 3 nitrogen and oxygen atoms in total. The van der Waals surface area contributed by atoms with Gasteiger partial charge in [0.05, 0.1) is 0 Å². The van der Waals surface area contributed by atoms with Crippen LogP contribution in [0, 0.1) is 11.8 Å². The van der Waals surface area contributed by atoms with Crippen molar-refractivity contribution in [1.29, 1.82) is 0 Å². The Hall–Kier alpha value is -0.380. The van der Waals surface area contributed by atoms with Crippen LogP contribution in [0.1, 0.15) is 33.1 Å². The molecule has 1 unspecified atom stereocenters. The van der Waals surface area contributed by atoms with Crippen LogP contribution in [0.15, 0.2) is 0 Å². The lowest BCUT2D eigenvalue weighted by molar-refractivity contribution is -0.150. The van der Waals surface area contributed by atoms with E-state index in [4.69, 9.17) is 0 Å². The molecule has 1 fully saturated rings. The first-order valence-electron chi connectivity index (χ1n) is 5.47. The van der Waals surface area contributed by atoms with E-state index in [1.807, 2.05) is 6.92 Å². The van der Waals surface area contributed by atoms with Crippen molar-refractivity contribution in [3.05, 3.63) is 0 Å². The summed E-state index contributed by atoms with van der Waals surface area (Å²) >= 11 is 3.41. The van der Waals surface area contributed by atoms with Crippen LogP contribution in [-0.4, -0.2) is 28.6 Å². The summed E-state index contributed by atoms with van der Waals surface area (Å²) in [6.07, 6.45) is 2.02. The quantitative estimate of drug-likeness (QED) is 0.583. The van der Waals surface area contributed by atoms with E-state index in [1.165, 1.54) is 4.90 Å². The van der Waals surface area contributed by atoms with Gasteiger partial charge >= 0.3 is 0 Å². The van der Waals surface area contributed by atoms with Gasteiger partial charge in [-0.15, -0.1) is 0 Å². The molecule has 0 aromatic rings. The Labute approximate surface area is 99.3 Å². The van der Waals surface area contributed by atoms with Crippen LogP contribution < -0.4 is 0 Å². The second-order valence-corrected chi connectivity index (χ2v) is 4.99. The Morgan fingerprint density at radius 2 is 1.93 bits per heavy atom. The summed E-state index contributed by atoms with van der Waals surface area (Å²) in [6, 6.07) is 0. The molecule has 1 heterocycles. The number of alkyl halides is 1. The minimum Gasteiger partial charge on any atom is -0.282 e. The number of carbonyl (C=O) groups is 2. The van der Waals surface area contributed by atoms with E-state index in [0.29, 0.717) is 25.3 Å². The van der Waals surface area contributed by atoms with Gasteiger partial charge in [0.1, 0.15) is 0 Å². The number of rotatable bonds is 4. The van der Waals surface area contributed by atoms with E-state index in [9.17, 15) is 9.59 Å². The molecule has 2 amide bonds. The second kappa shape index (κ2) is 5.64. The van der Waals surface area contributed by atoms with Gasteiger partial charge < -0.3 is 0 Å². The third kappa shape index (κ3) is 3.30. The number of hydrogen-bond donors (Lipinski definition) is 0. The molecule has 4 heteroatoms. The molecular formula is C11H18BrNO2. The Morgan fingerprint density at radius 1 is 1.40 bits per heavy atom. The molecule has 1 aliphatic rings. The van der Waals surface area contributed by atoms with Crippen LogP contribution in [-0.2, 0) is 9.59 Å². The number of halogens is 1. The molecule has 1 atom stereocenters. The van der Waals surface area contributed by atoms with Gasteiger partial charge in [-0.25, -0.2) is 0 Å². The summed E-state index contributed by atoms with van der Waals surface area (Å²) in [6.45, 7) is 4.61. The van der Waals surface area contributed by atoms with Crippen molar-refractivity contribution in [3.63, 3.8) is 0 Å². The highest BCUT2D eigenvalue weighted by Gasteiger charge is 2.31. The maximum Gasteiger partial charge on any atom is 0.229 e. The standard InChI is InChI=1S/C11H18BrNO2/c1-3-9(6-12)7-13-10(14)4-8(2)5-11(13)15/h8-9H,3-7H2,1-2H3. The van der Waals surface area contributed by atoms with Gasteiger partial charge in [0.25, 0.3) is 0 Å². The van der Waals surface area contributed by atoms with Crippen molar-refractivity contribution in [2.45, 2.75) is 33.1 Å². The highest BCUT2D eigenvalue weighted by Crippen LogP contribution is 2.21. The molecule has 0 bridgehead atoms. The SMILES string of the molecule is CCC(CBr)CN1C(=O)CC(C)CC1=O. The van der Waals surface area contributed by atoms with E-state index in [2.05, 4.69) is 22.9 Å². The van der Waals surface area contributed by atoms with Crippen molar-refractivity contribution in [2.75, 3.05) is 11.9 Å². The zero-order valence-electron chi connectivity index (χ0n) is 9.33. The minimum absolute atomic E-state index is 0.00171. The largest absolute Gasteiger partial charge is 0.282 e. The average molecular weight is 276 g/mol. The molecular weight excluding hydrogens is 258 g/mol. The van der Waals surface area contributed by atoms with Gasteiger partial charge in [0.2, 0.25) is 11.8 Å². The maximum absolute atomic E-state index is 11.7. The number of imide groups is 1. The summed E-state index contributed by atoms with van der Waals surface area (Å²) in [7, 11) is 0. The monoisotopic (exact) mass is 275 g/mol. The number of piperidine rings is 1. The first-order valence-corrected chi connectivity index (χ1v) is 6.59. The van der Waals surface area contributed by atoms with Gasteiger partial charge in [0.15, 0.2) is 0 Å². The fourth-order valence-corrected chi connectivity index (χ4v) is 2.44. The fraction of sp³-hybridized carbons (Fsp3) is 0.818. The van der Waals surface area contributed by atoms with E-state index >= 15 is 0 Å². The molecule has 0 aliphatic carbocycles. The Kier molecular flexibility index (Phi) is 4.77. The normalized spacial score (nSPS) is 20.9. The van der Waals surface area contributed by atoms with Crippen LogP contribution in [0.4, 0.5) is 0 Å². The van der Waals surface area contributed by atoms with Crippen LogP contribution >= 0.6 is 15.9 Å². The third-order valence-electron chi connectivity index (χ3n) is 2.88. The summed E-state index contributed by atoms with van der Waals surface area (Å²) < 4.78 is 0. The van der Waals surface area contributed by atoms with Crippen molar-refractivity contribution >= 4 is 27.7 Å². The number of hydrogen-bond acceptors (Lipinski definition) is 2. The zero-order valence-corrected chi connectivity index (χ0v) is 10.9. The van der Waals surface area contributed by atoms with Crippen LogP contribution in [0.25, 0.3) is 0 Å². The fourth-order valence-electron chi connectivity index (χ4n) is 1.78. The Morgan fingerprint density at radius 3 is 2.33 bits per heavy atom. The van der Waals surface area contributed by atoms with E-state index in [-0.39, 0.29) is 17.7 Å². The molecule has 0 radical (unpaired) electrons. The van der Waals surface area contributed by atoms with Gasteiger partial charge in [-0.1, -0.05) is 36.2 Å². The van der Waals surface area contributed by atoms with Gasteiger partial charge in [-0.3, -0.25) is 14.5 Å². The molecule has 0 aromatic heterocycles. The zero-order chi connectivity index (χ0) is 11.4. The molecule has 1 rings (SSSR count). The predicted octanol–water partition coefficient (Wildman–Crippen LogP) is 2.19.